The number of ketones is 1. The zero-order valence-electron chi connectivity index (χ0n) is 17.2. The summed E-state index contributed by atoms with van der Waals surface area (Å²) < 4.78 is 11.2. The number of hydrogen-bond acceptors (Lipinski definition) is 5. The van der Waals surface area contributed by atoms with Gasteiger partial charge in [0.25, 0.3) is 0 Å². The standard InChI is InChI=1S/C22H23Cl2NO5/c1-5-29-21(28)19-17(13-7-6-12(23)8-14(13)24)18-15(27)9-22(3,4)10-16(18)30-20(19)25-11(2)26/h6-8,17H,5,9-10H2,1-4H3,(H,25,26). The van der Waals surface area contributed by atoms with E-state index in [2.05, 4.69) is 5.32 Å². The van der Waals surface area contributed by atoms with Gasteiger partial charge in [-0.05, 0) is 30.0 Å². The molecule has 30 heavy (non-hydrogen) atoms. The second-order valence-corrected chi connectivity index (χ2v) is 8.97. The van der Waals surface area contributed by atoms with E-state index in [1.54, 1.807) is 25.1 Å². The van der Waals surface area contributed by atoms with Crippen molar-refractivity contribution in [1.29, 1.82) is 0 Å². The highest BCUT2D eigenvalue weighted by Crippen LogP contribution is 2.50. The molecule has 2 aliphatic rings. The fraction of sp³-hybridized carbons (Fsp3) is 0.409. The number of rotatable bonds is 4. The average molecular weight is 452 g/mol. The van der Waals surface area contributed by atoms with Gasteiger partial charge in [-0.25, -0.2) is 4.79 Å². The lowest BCUT2D eigenvalue weighted by Crippen LogP contribution is -2.37. The number of carbonyl (C=O) groups excluding carboxylic acids is 3. The molecule has 3 rings (SSSR count). The van der Waals surface area contributed by atoms with Gasteiger partial charge < -0.3 is 9.47 Å². The SMILES string of the molecule is CCOC(=O)C1=C(NC(C)=O)OC2=C(C(=O)CC(C)(C)C2)C1c1ccc(Cl)cc1Cl. The summed E-state index contributed by atoms with van der Waals surface area (Å²) in [4.78, 5) is 38.0. The van der Waals surface area contributed by atoms with Crippen LogP contribution < -0.4 is 5.32 Å². The zero-order chi connectivity index (χ0) is 22.2. The van der Waals surface area contributed by atoms with Crippen LogP contribution in [0.15, 0.2) is 41.0 Å². The van der Waals surface area contributed by atoms with Crippen molar-refractivity contribution in [2.45, 2.75) is 46.5 Å². The molecule has 1 atom stereocenters. The van der Waals surface area contributed by atoms with E-state index in [-0.39, 0.29) is 29.3 Å². The third kappa shape index (κ3) is 4.40. The minimum atomic E-state index is -0.844. The van der Waals surface area contributed by atoms with Gasteiger partial charge in [-0.2, -0.15) is 0 Å². The van der Waals surface area contributed by atoms with Crippen molar-refractivity contribution in [3.05, 3.63) is 56.6 Å². The van der Waals surface area contributed by atoms with Crippen molar-refractivity contribution in [2.24, 2.45) is 5.41 Å². The number of ether oxygens (including phenoxy) is 2. The number of allylic oxidation sites excluding steroid dienone is 2. The smallest absolute Gasteiger partial charge is 0.340 e. The Morgan fingerprint density at radius 1 is 1.27 bits per heavy atom. The molecule has 0 saturated carbocycles. The summed E-state index contributed by atoms with van der Waals surface area (Å²) in [6.45, 7) is 7.02. The molecule has 1 aliphatic carbocycles. The summed E-state index contributed by atoms with van der Waals surface area (Å²) in [6, 6.07) is 4.85. The van der Waals surface area contributed by atoms with Crippen LogP contribution >= 0.6 is 23.2 Å². The molecule has 6 nitrogen and oxygen atoms in total. The van der Waals surface area contributed by atoms with Gasteiger partial charge in [0.1, 0.15) is 11.3 Å². The fourth-order valence-corrected chi connectivity index (χ4v) is 4.38. The first-order chi connectivity index (χ1) is 14.0. The normalized spacial score (nSPS) is 20.5. The molecule has 1 heterocycles. The molecule has 0 fully saturated rings. The van der Waals surface area contributed by atoms with Gasteiger partial charge in [0, 0.05) is 35.4 Å². The number of Topliss-reactive ketones (excluding diaryl/α,β-unsaturated/α-hetero) is 1. The topological polar surface area (TPSA) is 81.7 Å². The number of nitrogens with one attached hydrogen (secondary N) is 1. The first-order valence-electron chi connectivity index (χ1n) is 9.62. The molecule has 0 radical (unpaired) electrons. The molecular weight excluding hydrogens is 429 g/mol. The van der Waals surface area contributed by atoms with E-state index < -0.39 is 17.8 Å². The van der Waals surface area contributed by atoms with Crippen LogP contribution in [0.4, 0.5) is 0 Å². The number of amides is 1. The van der Waals surface area contributed by atoms with Crippen LogP contribution in [-0.4, -0.2) is 24.3 Å². The molecule has 1 N–H and O–H groups in total. The first kappa shape index (κ1) is 22.4. The lowest BCUT2D eigenvalue weighted by molar-refractivity contribution is -0.139. The summed E-state index contributed by atoms with van der Waals surface area (Å²) in [5.41, 5.74) is 0.571. The summed E-state index contributed by atoms with van der Waals surface area (Å²) in [6.07, 6.45) is 0.761. The third-order valence-electron chi connectivity index (χ3n) is 4.98. The Balaban J connectivity index is 2.28. The maximum atomic E-state index is 13.2. The predicted molar refractivity (Wildman–Crippen MR) is 113 cm³/mol. The molecule has 1 aromatic carbocycles. The predicted octanol–water partition coefficient (Wildman–Crippen LogP) is 4.66. The molecule has 1 aromatic rings. The monoisotopic (exact) mass is 451 g/mol. The van der Waals surface area contributed by atoms with Gasteiger partial charge >= 0.3 is 5.97 Å². The summed E-state index contributed by atoms with van der Waals surface area (Å²) in [5.74, 6) is -1.71. The van der Waals surface area contributed by atoms with Crippen molar-refractivity contribution in [3.63, 3.8) is 0 Å². The number of halogens is 2. The van der Waals surface area contributed by atoms with E-state index in [0.29, 0.717) is 39.8 Å². The van der Waals surface area contributed by atoms with Crippen molar-refractivity contribution >= 4 is 40.9 Å². The summed E-state index contributed by atoms with van der Waals surface area (Å²) in [7, 11) is 0. The maximum Gasteiger partial charge on any atom is 0.340 e. The molecule has 0 saturated heterocycles. The van der Waals surface area contributed by atoms with Crippen LogP contribution in [0.5, 0.6) is 0 Å². The molecule has 0 spiro atoms. The van der Waals surface area contributed by atoms with Crippen LogP contribution in [-0.2, 0) is 23.9 Å². The molecular formula is C22H23Cl2NO5. The minimum Gasteiger partial charge on any atom is -0.462 e. The van der Waals surface area contributed by atoms with E-state index in [1.165, 1.54) is 6.92 Å². The lowest BCUT2D eigenvalue weighted by Gasteiger charge is -2.38. The number of hydrogen-bond donors (Lipinski definition) is 1. The molecule has 1 aliphatic heterocycles. The molecule has 1 unspecified atom stereocenters. The second kappa shape index (κ2) is 8.44. The molecule has 1 amide bonds. The van der Waals surface area contributed by atoms with E-state index in [4.69, 9.17) is 32.7 Å². The summed E-state index contributed by atoms with van der Waals surface area (Å²) in [5, 5.41) is 3.30. The minimum absolute atomic E-state index is 0.0306. The third-order valence-corrected chi connectivity index (χ3v) is 5.55. The number of carbonyl (C=O) groups is 3. The van der Waals surface area contributed by atoms with E-state index in [0.717, 1.165) is 0 Å². The van der Waals surface area contributed by atoms with E-state index >= 15 is 0 Å². The first-order valence-corrected chi connectivity index (χ1v) is 10.4. The van der Waals surface area contributed by atoms with Crippen LogP contribution in [0.3, 0.4) is 0 Å². The largest absolute Gasteiger partial charge is 0.462 e. The van der Waals surface area contributed by atoms with Gasteiger partial charge in [-0.3, -0.25) is 14.9 Å². The summed E-state index contributed by atoms with van der Waals surface area (Å²) >= 11 is 12.5. The van der Waals surface area contributed by atoms with Gasteiger partial charge in [0.05, 0.1) is 12.5 Å². The Morgan fingerprint density at radius 3 is 2.57 bits per heavy atom. The van der Waals surface area contributed by atoms with Crippen molar-refractivity contribution in [1.82, 2.24) is 5.32 Å². The van der Waals surface area contributed by atoms with Crippen LogP contribution in [0.1, 0.15) is 52.0 Å². The van der Waals surface area contributed by atoms with Gasteiger partial charge in [-0.15, -0.1) is 0 Å². The fourth-order valence-electron chi connectivity index (χ4n) is 3.86. The maximum absolute atomic E-state index is 13.2. The Labute approximate surface area is 185 Å². The van der Waals surface area contributed by atoms with Gasteiger partial charge in [0.15, 0.2) is 5.78 Å². The second-order valence-electron chi connectivity index (χ2n) is 8.12. The van der Waals surface area contributed by atoms with Crippen LogP contribution in [0.2, 0.25) is 10.0 Å². The lowest BCUT2D eigenvalue weighted by atomic mass is 9.70. The van der Waals surface area contributed by atoms with E-state index in [1.807, 2.05) is 13.8 Å². The molecule has 160 valence electrons. The Hall–Kier alpha value is -2.31. The van der Waals surface area contributed by atoms with Crippen LogP contribution in [0, 0.1) is 5.41 Å². The molecule has 8 heteroatoms. The Bertz CT molecular complexity index is 993. The van der Waals surface area contributed by atoms with Crippen LogP contribution in [0.25, 0.3) is 0 Å². The highest BCUT2D eigenvalue weighted by atomic mass is 35.5. The van der Waals surface area contributed by atoms with E-state index in [9.17, 15) is 14.4 Å². The average Bonchev–Trinajstić information content (AvgIpc) is 2.59. The quantitative estimate of drug-likeness (QED) is 0.672. The number of esters is 1. The zero-order valence-corrected chi connectivity index (χ0v) is 18.7. The van der Waals surface area contributed by atoms with Crippen molar-refractivity contribution in [3.8, 4) is 0 Å². The van der Waals surface area contributed by atoms with Gasteiger partial charge in [0.2, 0.25) is 11.8 Å². The highest BCUT2D eigenvalue weighted by molar-refractivity contribution is 6.35. The highest BCUT2D eigenvalue weighted by Gasteiger charge is 2.46. The number of benzene rings is 1. The van der Waals surface area contributed by atoms with Gasteiger partial charge in [-0.1, -0.05) is 43.1 Å². The van der Waals surface area contributed by atoms with Crippen molar-refractivity contribution < 1.29 is 23.9 Å². The van der Waals surface area contributed by atoms with Crippen molar-refractivity contribution in [2.75, 3.05) is 6.61 Å². The Morgan fingerprint density at radius 2 is 1.97 bits per heavy atom. The molecule has 0 aromatic heterocycles. The molecule has 0 bridgehead atoms. The Kier molecular flexibility index (Phi) is 6.29.